The van der Waals surface area contributed by atoms with Crippen LogP contribution >= 0.6 is 0 Å². The average Bonchev–Trinajstić information content (AvgIpc) is 2.28. The molecule has 0 saturated heterocycles. The molecule has 1 aromatic rings. The highest BCUT2D eigenvalue weighted by molar-refractivity contribution is 5.93. The fourth-order valence-corrected chi connectivity index (χ4v) is 1.12. The van der Waals surface area contributed by atoms with Crippen LogP contribution in [0.2, 0.25) is 0 Å². The number of carbonyl (C=O) groups is 1. The first-order valence-corrected chi connectivity index (χ1v) is 4.14. The number of hydrogen-bond donors (Lipinski definition) is 1. The topological polar surface area (TPSA) is 102 Å². The SMILES string of the molecule is COC(=O)c1ccc(/C=N/O)c([N+](=O)[O-])c1. The molecule has 0 heterocycles. The molecule has 7 heteroatoms. The number of benzene rings is 1. The van der Waals surface area contributed by atoms with Crippen LogP contribution in [0.4, 0.5) is 5.69 Å². The smallest absolute Gasteiger partial charge is 0.338 e. The maximum absolute atomic E-state index is 11.1. The molecule has 84 valence electrons. The van der Waals surface area contributed by atoms with Crippen molar-refractivity contribution in [3.63, 3.8) is 0 Å². The van der Waals surface area contributed by atoms with Crippen LogP contribution < -0.4 is 0 Å². The number of esters is 1. The summed E-state index contributed by atoms with van der Waals surface area (Å²) in [6.45, 7) is 0. The number of nitro benzene ring substituents is 1. The van der Waals surface area contributed by atoms with Gasteiger partial charge in [-0.2, -0.15) is 0 Å². The molecule has 0 unspecified atom stereocenters. The number of nitro groups is 1. The zero-order chi connectivity index (χ0) is 12.1. The van der Waals surface area contributed by atoms with Crippen LogP contribution in [0.5, 0.6) is 0 Å². The molecule has 0 spiro atoms. The van der Waals surface area contributed by atoms with Gasteiger partial charge in [0.2, 0.25) is 0 Å². The Morgan fingerprint density at radius 1 is 1.62 bits per heavy atom. The second-order valence-electron chi connectivity index (χ2n) is 2.77. The number of hydrogen-bond acceptors (Lipinski definition) is 6. The predicted molar refractivity (Wildman–Crippen MR) is 53.8 cm³/mol. The number of methoxy groups -OCH3 is 1. The lowest BCUT2D eigenvalue weighted by Crippen LogP contribution is -2.03. The van der Waals surface area contributed by atoms with Gasteiger partial charge in [0.15, 0.2) is 0 Å². The summed E-state index contributed by atoms with van der Waals surface area (Å²) < 4.78 is 4.43. The van der Waals surface area contributed by atoms with E-state index in [-0.39, 0.29) is 16.8 Å². The molecular formula is C9H8N2O5. The molecule has 0 aromatic heterocycles. The number of nitrogens with zero attached hydrogens (tertiary/aromatic N) is 2. The zero-order valence-electron chi connectivity index (χ0n) is 8.28. The fraction of sp³-hybridized carbons (Fsp3) is 0.111. The van der Waals surface area contributed by atoms with Crippen LogP contribution in [-0.4, -0.2) is 29.4 Å². The minimum atomic E-state index is -0.677. The van der Waals surface area contributed by atoms with Crippen molar-refractivity contribution in [1.82, 2.24) is 0 Å². The van der Waals surface area contributed by atoms with Gasteiger partial charge in [-0.25, -0.2) is 4.79 Å². The van der Waals surface area contributed by atoms with Gasteiger partial charge in [0.25, 0.3) is 5.69 Å². The minimum Gasteiger partial charge on any atom is -0.465 e. The van der Waals surface area contributed by atoms with E-state index in [4.69, 9.17) is 5.21 Å². The molecule has 1 N–H and O–H groups in total. The van der Waals surface area contributed by atoms with Crippen LogP contribution in [0, 0.1) is 10.1 Å². The van der Waals surface area contributed by atoms with Gasteiger partial charge >= 0.3 is 5.97 Å². The van der Waals surface area contributed by atoms with E-state index in [1.807, 2.05) is 0 Å². The maximum Gasteiger partial charge on any atom is 0.338 e. The lowest BCUT2D eigenvalue weighted by Gasteiger charge is -2.00. The largest absolute Gasteiger partial charge is 0.465 e. The third-order valence-corrected chi connectivity index (χ3v) is 1.85. The third kappa shape index (κ3) is 2.32. The Labute approximate surface area is 90.1 Å². The van der Waals surface area contributed by atoms with Gasteiger partial charge in [0.05, 0.1) is 29.4 Å². The molecule has 0 aliphatic rings. The number of ether oxygens (including phenoxy) is 1. The molecular weight excluding hydrogens is 216 g/mol. The van der Waals surface area contributed by atoms with E-state index < -0.39 is 10.9 Å². The summed E-state index contributed by atoms with van der Waals surface area (Å²) in [6.07, 6.45) is 0.916. The molecule has 0 bridgehead atoms. The van der Waals surface area contributed by atoms with Crippen LogP contribution in [0.3, 0.4) is 0 Å². The lowest BCUT2D eigenvalue weighted by molar-refractivity contribution is -0.385. The Bertz CT molecular complexity index is 455. The van der Waals surface area contributed by atoms with Gasteiger partial charge in [-0.05, 0) is 12.1 Å². The number of oxime groups is 1. The Hall–Kier alpha value is -2.44. The Balaban J connectivity index is 3.27. The quantitative estimate of drug-likeness (QED) is 0.273. The summed E-state index contributed by atoms with van der Waals surface area (Å²) in [5.41, 5.74) is -0.176. The van der Waals surface area contributed by atoms with Crippen molar-refractivity contribution in [1.29, 1.82) is 0 Å². The summed E-state index contributed by atoms with van der Waals surface area (Å²) in [7, 11) is 1.18. The van der Waals surface area contributed by atoms with Crippen molar-refractivity contribution < 1.29 is 19.7 Å². The molecule has 0 saturated carbocycles. The number of rotatable bonds is 3. The summed E-state index contributed by atoms with van der Waals surface area (Å²) in [4.78, 5) is 21.1. The van der Waals surface area contributed by atoms with E-state index in [1.165, 1.54) is 19.2 Å². The summed E-state index contributed by atoms with van der Waals surface area (Å²) in [5, 5.41) is 21.7. The van der Waals surface area contributed by atoms with E-state index in [0.29, 0.717) is 0 Å². The molecule has 0 radical (unpaired) electrons. The highest BCUT2D eigenvalue weighted by atomic mass is 16.6. The van der Waals surface area contributed by atoms with Crippen molar-refractivity contribution in [2.45, 2.75) is 0 Å². The molecule has 0 aliphatic carbocycles. The van der Waals surface area contributed by atoms with Crippen LogP contribution in [0.15, 0.2) is 23.4 Å². The molecule has 0 fully saturated rings. The van der Waals surface area contributed by atoms with Crippen LogP contribution in [-0.2, 0) is 4.74 Å². The van der Waals surface area contributed by atoms with E-state index in [0.717, 1.165) is 12.3 Å². The Morgan fingerprint density at radius 2 is 2.31 bits per heavy atom. The molecule has 1 rings (SSSR count). The van der Waals surface area contributed by atoms with Crippen molar-refractivity contribution in [2.24, 2.45) is 5.16 Å². The highest BCUT2D eigenvalue weighted by Crippen LogP contribution is 2.19. The van der Waals surface area contributed by atoms with Crippen LogP contribution in [0.1, 0.15) is 15.9 Å². The highest BCUT2D eigenvalue weighted by Gasteiger charge is 2.16. The second-order valence-corrected chi connectivity index (χ2v) is 2.77. The first-order valence-electron chi connectivity index (χ1n) is 4.14. The number of carbonyl (C=O) groups excluding carboxylic acids is 1. The molecule has 16 heavy (non-hydrogen) atoms. The monoisotopic (exact) mass is 224 g/mol. The Kier molecular flexibility index (Phi) is 3.54. The Morgan fingerprint density at radius 3 is 2.81 bits per heavy atom. The minimum absolute atomic E-state index is 0.0595. The van der Waals surface area contributed by atoms with E-state index in [2.05, 4.69) is 9.89 Å². The third-order valence-electron chi connectivity index (χ3n) is 1.85. The van der Waals surface area contributed by atoms with E-state index in [9.17, 15) is 14.9 Å². The molecule has 7 nitrogen and oxygen atoms in total. The van der Waals surface area contributed by atoms with Crippen molar-refractivity contribution in [3.05, 3.63) is 39.4 Å². The van der Waals surface area contributed by atoms with Gasteiger partial charge in [-0.3, -0.25) is 10.1 Å². The molecule has 1 aromatic carbocycles. The van der Waals surface area contributed by atoms with Gasteiger partial charge in [0, 0.05) is 6.07 Å². The summed E-state index contributed by atoms with van der Waals surface area (Å²) in [6, 6.07) is 3.70. The average molecular weight is 224 g/mol. The lowest BCUT2D eigenvalue weighted by atomic mass is 10.1. The predicted octanol–water partition coefficient (Wildman–Crippen LogP) is 1.19. The first kappa shape index (κ1) is 11.6. The standard InChI is InChI=1S/C9H8N2O5/c1-16-9(12)6-2-3-7(5-10-13)8(4-6)11(14)15/h2-5,13H,1H3/b10-5+. The van der Waals surface area contributed by atoms with E-state index >= 15 is 0 Å². The van der Waals surface area contributed by atoms with Crippen molar-refractivity contribution in [2.75, 3.05) is 7.11 Å². The molecule has 0 amide bonds. The van der Waals surface area contributed by atoms with Crippen molar-refractivity contribution >= 4 is 17.9 Å². The van der Waals surface area contributed by atoms with Gasteiger partial charge in [0.1, 0.15) is 0 Å². The van der Waals surface area contributed by atoms with E-state index in [1.54, 1.807) is 0 Å². The summed E-state index contributed by atoms with van der Waals surface area (Å²) in [5.74, 6) is -0.671. The molecule has 0 atom stereocenters. The zero-order valence-corrected chi connectivity index (χ0v) is 8.28. The normalized spacial score (nSPS) is 10.3. The van der Waals surface area contributed by atoms with Gasteiger partial charge < -0.3 is 9.94 Å². The maximum atomic E-state index is 11.1. The fourth-order valence-electron chi connectivity index (χ4n) is 1.12. The van der Waals surface area contributed by atoms with Crippen LogP contribution in [0.25, 0.3) is 0 Å². The van der Waals surface area contributed by atoms with Crippen molar-refractivity contribution in [3.8, 4) is 0 Å². The van der Waals surface area contributed by atoms with Gasteiger partial charge in [-0.15, -0.1) is 0 Å². The van der Waals surface area contributed by atoms with Gasteiger partial charge in [-0.1, -0.05) is 5.16 Å². The molecule has 0 aliphatic heterocycles. The summed E-state index contributed by atoms with van der Waals surface area (Å²) >= 11 is 0. The second kappa shape index (κ2) is 4.87. The first-order chi connectivity index (χ1) is 7.60.